The highest BCUT2D eigenvalue weighted by Gasteiger charge is 2.14. The summed E-state index contributed by atoms with van der Waals surface area (Å²) in [6.45, 7) is -0.373. The molecule has 4 aromatic rings. The third-order valence-corrected chi connectivity index (χ3v) is 6.18. The molecule has 2 aromatic carbocycles. The van der Waals surface area contributed by atoms with Crippen molar-refractivity contribution in [3.63, 3.8) is 0 Å². The van der Waals surface area contributed by atoms with Crippen LogP contribution in [0, 0.1) is 0 Å². The molecule has 12 heteroatoms. The molecule has 0 aliphatic heterocycles. The molecule has 0 unspecified atom stereocenters. The first-order valence-electron chi connectivity index (χ1n) is 10.3. The van der Waals surface area contributed by atoms with Gasteiger partial charge in [0.1, 0.15) is 12.3 Å². The molecule has 2 aromatic heterocycles. The molecule has 0 fully saturated rings. The van der Waals surface area contributed by atoms with Crippen LogP contribution in [0.4, 0.5) is 11.4 Å². The van der Waals surface area contributed by atoms with Crippen molar-refractivity contribution in [1.29, 1.82) is 0 Å². The van der Waals surface area contributed by atoms with E-state index < -0.39 is 27.3 Å². The highest BCUT2D eigenvalue weighted by Crippen LogP contribution is 2.16. The molecule has 0 spiro atoms. The quantitative estimate of drug-likeness (QED) is 0.398. The number of hydrogen-bond acceptors (Lipinski definition) is 7. The van der Waals surface area contributed by atoms with Gasteiger partial charge in [0.15, 0.2) is 15.5 Å². The SMILES string of the molecule is COc1ccc(NC(=O)c2ccc3nn(CC(=O)Nc4ccc(S(C)(=O)=O)cc4)c(=O)n3c2)cc1. The topological polar surface area (TPSA) is 141 Å². The number of amides is 2. The average Bonchev–Trinajstić information content (AvgIpc) is 3.13. The highest BCUT2D eigenvalue weighted by molar-refractivity contribution is 7.90. The number of anilines is 2. The number of nitrogens with zero attached hydrogens (tertiary/aromatic N) is 3. The van der Waals surface area contributed by atoms with Gasteiger partial charge in [-0.3, -0.25) is 9.59 Å². The molecular formula is C23H21N5O6S. The van der Waals surface area contributed by atoms with Gasteiger partial charge in [-0.05, 0) is 60.7 Å². The first-order valence-corrected chi connectivity index (χ1v) is 12.2. The summed E-state index contributed by atoms with van der Waals surface area (Å²) < 4.78 is 30.3. The van der Waals surface area contributed by atoms with Gasteiger partial charge in [-0.15, -0.1) is 5.10 Å². The molecule has 11 nitrogen and oxygen atoms in total. The lowest BCUT2D eigenvalue weighted by Gasteiger charge is -2.06. The minimum absolute atomic E-state index is 0.124. The molecule has 2 N–H and O–H groups in total. The Labute approximate surface area is 199 Å². The fourth-order valence-corrected chi connectivity index (χ4v) is 3.89. The van der Waals surface area contributed by atoms with Gasteiger partial charge in [-0.25, -0.2) is 22.3 Å². The molecular weight excluding hydrogens is 474 g/mol. The van der Waals surface area contributed by atoms with E-state index in [9.17, 15) is 22.8 Å². The molecule has 0 atom stereocenters. The number of sulfone groups is 1. The van der Waals surface area contributed by atoms with Crippen LogP contribution in [0.15, 0.2) is 76.6 Å². The van der Waals surface area contributed by atoms with Crippen LogP contribution in [0.1, 0.15) is 10.4 Å². The summed E-state index contributed by atoms with van der Waals surface area (Å²) in [6, 6.07) is 15.5. The van der Waals surface area contributed by atoms with Gasteiger partial charge in [0.05, 0.1) is 17.6 Å². The Morgan fingerprint density at radius 1 is 0.943 bits per heavy atom. The van der Waals surface area contributed by atoms with Crippen LogP contribution < -0.4 is 21.1 Å². The highest BCUT2D eigenvalue weighted by atomic mass is 32.2. The Bertz CT molecular complexity index is 1570. The molecule has 2 amide bonds. The standard InChI is InChI=1S/C23H21N5O6S/c1-34-18-8-4-17(5-9-18)25-22(30)15-3-12-20-26-28(23(31)27(20)13-15)14-21(29)24-16-6-10-19(11-7-16)35(2,32)33/h3-13H,14H2,1-2H3,(H,24,29)(H,25,30). The van der Waals surface area contributed by atoms with Crippen LogP contribution in [0.25, 0.3) is 5.65 Å². The zero-order chi connectivity index (χ0) is 25.2. The largest absolute Gasteiger partial charge is 0.497 e. The van der Waals surface area contributed by atoms with Gasteiger partial charge >= 0.3 is 5.69 Å². The maximum atomic E-state index is 12.7. The van der Waals surface area contributed by atoms with E-state index in [2.05, 4.69) is 15.7 Å². The lowest BCUT2D eigenvalue weighted by Crippen LogP contribution is -2.28. The number of ether oxygens (including phenoxy) is 1. The van der Waals surface area contributed by atoms with E-state index in [1.807, 2.05) is 0 Å². The minimum atomic E-state index is -3.35. The lowest BCUT2D eigenvalue weighted by molar-refractivity contribution is -0.117. The van der Waals surface area contributed by atoms with Gasteiger partial charge in [0, 0.05) is 23.8 Å². The fraction of sp³-hybridized carbons (Fsp3) is 0.130. The van der Waals surface area contributed by atoms with Crippen LogP contribution in [0.2, 0.25) is 0 Å². The van der Waals surface area contributed by atoms with E-state index >= 15 is 0 Å². The van der Waals surface area contributed by atoms with Crippen molar-refractivity contribution in [2.24, 2.45) is 0 Å². The molecule has 4 rings (SSSR count). The number of hydrogen-bond donors (Lipinski definition) is 2. The van der Waals surface area contributed by atoms with E-state index in [-0.39, 0.29) is 22.7 Å². The Balaban J connectivity index is 1.47. The van der Waals surface area contributed by atoms with Crippen LogP contribution in [-0.4, -0.2) is 47.8 Å². The van der Waals surface area contributed by atoms with Gasteiger partial charge < -0.3 is 15.4 Å². The van der Waals surface area contributed by atoms with Crippen molar-refractivity contribution in [3.8, 4) is 5.75 Å². The summed E-state index contributed by atoms with van der Waals surface area (Å²) >= 11 is 0. The van der Waals surface area contributed by atoms with Crippen LogP contribution in [-0.2, 0) is 21.2 Å². The average molecular weight is 496 g/mol. The number of pyridine rings is 1. The third-order valence-electron chi connectivity index (χ3n) is 5.05. The zero-order valence-corrected chi connectivity index (χ0v) is 19.6. The number of aromatic nitrogens is 3. The molecule has 0 bridgehead atoms. The summed E-state index contributed by atoms with van der Waals surface area (Å²) in [5.74, 6) is -0.301. The second-order valence-electron chi connectivity index (χ2n) is 7.61. The minimum Gasteiger partial charge on any atom is -0.497 e. The molecule has 180 valence electrons. The molecule has 0 aliphatic rings. The first-order chi connectivity index (χ1) is 16.6. The summed E-state index contributed by atoms with van der Waals surface area (Å²) in [4.78, 5) is 37.9. The second-order valence-corrected chi connectivity index (χ2v) is 9.63. The third kappa shape index (κ3) is 5.38. The van der Waals surface area contributed by atoms with Crippen LogP contribution in [0.5, 0.6) is 5.75 Å². The Morgan fingerprint density at radius 3 is 2.20 bits per heavy atom. The van der Waals surface area contributed by atoms with E-state index in [1.54, 1.807) is 31.4 Å². The fourth-order valence-electron chi connectivity index (χ4n) is 3.26. The van der Waals surface area contributed by atoms with Gasteiger partial charge in [0.2, 0.25) is 5.91 Å². The van der Waals surface area contributed by atoms with Crippen molar-refractivity contribution in [3.05, 3.63) is 82.9 Å². The monoisotopic (exact) mass is 495 g/mol. The maximum Gasteiger partial charge on any atom is 0.350 e. The molecule has 0 aliphatic carbocycles. The molecule has 0 saturated carbocycles. The number of benzene rings is 2. The summed E-state index contributed by atoms with van der Waals surface area (Å²) in [6.07, 6.45) is 2.44. The predicted molar refractivity (Wildman–Crippen MR) is 129 cm³/mol. The Kier molecular flexibility index (Phi) is 6.38. The first kappa shape index (κ1) is 23.7. The summed E-state index contributed by atoms with van der Waals surface area (Å²) in [7, 11) is -1.81. The second kappa shape index (κ2) is 9.43. The van der Waals surface area contributed by atoms with Crippen molar-refractivity contribution in [2.75, 3.05) is 24.0 Å². The molecule has 0 radical (unpaired) electrons. The van der Waals surface area contributed by atoms with Crippen molar-refractivity contribution >= 4 is 38.7 Å². The van der Waals surface area contributed by atoms with Crippen molar-refractivity contribution in [1.82, 2.24) is 14.2 Å². The van der Waals surface area contributed by atoms with Gasteiger partial charge in [0.25, 0.3) is 5.91 Å². The summed E-state index contributed by atoms with van der Waals surface area (Å²) in [5.41, 5.74) is 0.824. The van der Waals surface area contributed by atoms with Gasteiger partial charge in [-0.2, -0.15) is 0 Å². The Morgan fingerprint density at radius 2 is 1.57 bits per heavy atom. The number of nitrogens with one attached hydrogen (secondary N) is 2. The maximum absolute atomic E-state index is 12.7. The van der Waals surface area contributed by atoms with E-state index in [0.29, 0.717) is 17.1 Å². The summed E-state index contributed by atoms with van der Waals surface area (Å²) in [5, 5.41) is 9.45. The van der Waals surface area contributed by atoms with Crippen LogP contribution >= 0.6 is 0 Å². The van der Waals surface area contributed by atoms with E-state index in [0.717, 1.165) is 10.9 Å². The number of carbonyl (C=O) groups is 2. The van der Waals surface area contributed by atoms with E-state index in [4.69, 9.17) is 4.74 Å². The van der Waals surface area contributed by atoms with Gasteiger partial charge in [-0.1, -0.05) is 0 Å². The van der Waals surface area contributed by atoms with E-state index in [1.165, 1.54) is 47.0 Å². The lowest BCUT2D eigenvalue weighted by atomic mass is 10.2. The molecule has 0 saturated heterocycles. The number of carbonyl (C=O) groups excluding carboxylic acids is 2. The number of rotatable bonds is 7. The normalized spacial score (nSPS) is 11.3. The molecule has 35 heavy (non-hydrogen) atoms. The molecule has 2 heterocycles. The number of methoxy groups -OCH3 is 1. The van der Waals surface area contributed by atoms with Crippen molar-refractivity contribution < 1.29 is 22.7 Å². The zero-order valence-electron chi connectivity index (χ0n) is 18.8. The Hall–Kier alpha value is -4.45. The van der Waals surface area contributed by atoms with Crippen LogP contribution in [0.3, 0.4) is 0 Å². The van der Waals surface area contributed by atoms with Crippen molar-refractivity contribution in [2.45, 2.75) is 11.4 Å². The number of fused-ring (bicyclic) bond motifs is 1. The smallest absolute Gasteiger partial charge is 0.350 e. The predicted octanol–water partition coefficient (Wildman–Crippen LogP) is 1.80.